The van der Waals surface area contributed by atoms with Gasteiger partial charge in [0.2, 0.25) is 0 Å². The summed E-state index contributed by atoms with van der Waals surface area (Å²) in [6.07, 6.45) is 15.9. The molecule has 3 atom stereocenters. The van der Waals surface area contributed by atoms with Crippen LogP contribution in [0.5, 0.6) is 0 Å². The lowest BCUT2D eigenvalue weighted by Gasteiger charge is -2.24. The van der Waals surface area contributed by atoms with Crippen LogP contribution in [0.1, 0.15) is 55.8 Å². The Morgan fingerprint density at radius 2 is 1.23 bits per heavy atom. The molecule has 0 aliphatic heterocycles. The van der Waals surface area contributed by atoms with Crippen LogP contribution in [0.15, 0.2) is 63.7 Å². The number of ether oxygens (including phenoxy) is 1. The van der Waals surface area contributed by atoms with E-state index in [0.29, 0.717) is 11.3 Å². The van der Waals surface area contributed by atoms with E-state index < -0.39 is 13.7 Å². The first-order valence-electron chi connectivity index (χ1n) is 16.4. The fourth-order valence-corrected chi connectivity index (χ4v) is 6.60. The Hall–Kier alpha value is -5.79. The molecule has 2 aromatic rings. The lowest BCUT2D eigenvalue weighted by Crippen LogP contribution is -2.26. The van der Waals surface area contributed by atoms with Gasteiger partial charge in [0, 0.05) is 41.8 Å². The van der Waals surface area contributed by atoms with Crippen LogP contribution in [0.3, 0.4) is 0 Å². The topological polar surface area (TPSA) is 97.5 Å². The van der Waals surface area contributed by atoms with Crippen molar-refractivity contribution in [2.24, 2.45) is 16.1 Å². The molecule has 1 fully saturated rings. The van der Waals surface area contributed by atoms with E-state index in [2.05, 4.69) is 117 Å². The molecule has 0 bridgehead atoms. The summed E-state index contributed by atoms with van der Waals surface area (Å²) in [6.45, 7) is 3.05. The fraction of sp³-hybridized carbons (Fsp3) is 0.295. The van der Waals surface area contributed by atoms with Crippen LogP contribution in [0.25, 0.3) is 0 Å². The third kappa shape index (κ3) is 20.6. The Morgan fingerprint density at radius 1 is 0.792 bits per heavy atom. The second kappa shape index (κ2) is 26.1. The number of rotatable bonds is 12. The number of hydrogen-bond donors (Lipinski definition) is 1. The van der Waals surface area contributed by atoms with Crippen LogP contribution in [-0.2, 0) is 13.8 Å². The zero-order chi connectivity index (χ0) is 38.6. The minimum absolute atomic E-state index is 0.0964. The predicted molar refractivity (Wildman–Crippen MR) is 212 cm³/mol. The molecule has 3 rings (SSSR count). The zero-order valence-electron chi connectivity index (χ0n) is 29.8. The maximum Gasteiger partial charge on any atom is 0.325 e. The van der Waals surface area contributed by atoms with E-state index >= 15 is 0 Å². The average Bonchev–Trinajstić information content (AvgIpc) is 3.15. The van der Waals surface area contributed by atoms with E-state index in [0.717, 1.165) is 17.6 Å². The van der Waals surface area contributed by atoms with E-state index in [9.17, 15) is 14.3 Å². The first-order valence-corrected chi connectivity index (χ1v) is 19.3. The number of Topliss-reactive ketones (excluding diaryl/α,β-unsaturated/α-hetero) is 1. The van der Waals surface area contributed by atoms with Crippen molar-refractivity contribution in [1.29, 1.82) is 0 Å². The van der Waals surface area contributed by atoms with Crippen LogP contribution in [0.4, 0.5) is 11.4 Å². The minimum Gasteiger partial charge on any atom is -0.384 e. The Morgan fingerprint density at radius 3 is 1.64 bits per heavy atom. The number of hydrogen-bond acceptors (Lipinski definition) is 7. The summed E-state index contributed by atoms with van der Waals surface area (Å²) in [4.78, 5) is 23.5. The molecular formula is C44H37N2O5PS. The van der Waals surface area contributed by atoms with E-state index in [1.54, 1.807) is 31.2 Å². The summed E-state index contributed by atoms with van der Waals surface area (Å²) >= 11 is 1.96. The number of nitrogens with zero attached hydrogens (tertiary/aromatic N) is 2. The number of terminal acetylenes is 2. The Kier molecular flexibility index (Phi) is 21.3. The molecule has 2 aromatic carbocycles. The highest BCUT2D eigenvalue weighted by atomic mass is 32.2. The summed E-state index contributed by atoms with van der Waals surface area (Å²) in [5.41, 5.74) is 1.97. The molecule has 0 spiro atoms. The SMILES string of the molecule is C#CC#CC#CC#CC#CC#CC#CC#CC#C.COC[C@@H](CC(=O)c1ccc(N=Nc2ccc(SC3CCCCC3)cc2)cc1)[C@@H](C)OP(C)(=O)O. The van der Waals surface area contributed by atoms with Crippen molar-refractivity contribution >= 4 is 36.5 Å². The molecular weight excluding hydrogens is 700 g/mol. The maximum atomic E-state index is 12.8. The second-order valence-corrected chi connectivity index (χ2v) is 14.3. The number of carbonyl (C=O) groups excluding carboxylic acids is 1. The predicted octanol–water partition coefficient (Wildman–Crippen LogP) is 7.86. The van der Waals surface area contributed by atoms with Gasteiger partial charge in [-0.1, -0.05) is 19.3 Å². The largest absolute Gasteiger partial charge is 0.384 e. The van der Waals surface area contributed by atoms with E-state index in [1.807, 2.05) is 23.9 Å². The van der Waals surface area contributed by atoms with Gasteiger partial charge in [-0.25, -0.2) is 0 Å². The quantitative estimate of drug-likeness (QED) is 0.103. The maximum absolute atomic E-state index is 12.8. The molecule has 0 aromatic heterocycles. The Labute approximate surface area is 318 Å². The second-order valence-electron chi connectivity index (χ2n) is 11.1. The van der Waals surface area contributed by atoms with Gasteiger partial charge in [-0.05, 0) is 163 Å². The number of benzene rings is 2. The average molecular weight is 737 g/mol. The van der Waals surface area contributed by atoms with Gasteiger partial charge in [-0.2, -0.15) is 10.2 Å². The van der Waals surface area contributed by atoms with Crippen LogP contribution >= 0.6 is 19.4 Å². The minimum atomic E-state index is -3.66. The highest BCUT2D eigenvalue weighted by molar-refractivity contribution is 8.00. The normalized spacial score (nSPS) is 13.3. The van der Waals surface area contributed by atoms with E-state index in [-0.39, 0.29) is 24.7 Å². The molecule has 7 nitrogen and oxygen atoms in total. The van der Waals surface area contributed by atoms with Gasteiger partial charge in [-0.15, -0.1) is 24.6 Å². The number of thioether (sulfide) groups is 1. The van der Waals surface area contributed by atoms with Crippen molar-refractivity contribution in [3.63, 3.8) is 0 Å². The highest BCUT2D eigenvalue weighted by Gasteiger charge is 2.26. The molecule has 264 valence electrons. The van der Waals surface area contributed by atoms with Gasteiger partial charge < -0.3 is 14.2 Å². The number of carbonyl (C=O) groups is 1. The van der Waals surface area contributed by atoms with Crippen molar-refractivity contribution in [2.75, 3.05) is 20.4 Å². The smallest absolute Gasteiger partial charge is 0.325 e. The summed E-state index contributed by atoms with van der Waals surface area (Å²) in [5, 5.41) is 9.33. The third-order valence-electron chi connectivity index (χ3n) is 6.97. The molecule has 0 radical (unpaired) electrons. The van der Waals surface area contributed by atoms with Crippen LogP contribution in [0.2, 0.25) is 0 Å². The standard InChI is InChI=1S/C26H35N2O5PS.C18H2/c1-19(33-34(3,30)31)21(18-32-2)17-26(29)20-9-11-22(12-10-20)27-28-23-13-15-25(16-14-23)35-24-7-5-4-6-8-24;1-3-5-7-9-11-13-15-17-18-16-14-12-10-8-6-4-2/h9-16,19,21,24H,4-8,17-18H2,1-3H3,(H,30,31);1-2H/t19-,21-;/m1./s1. The molecule has 0 amide bonds. The van der Waals surface area contributed by atoms with Crippen molar-refractivity contribution in [1.82, 2.24) is 0 Å². The van der Waals surface area contributed by atoms with Gasteiger partial charge >= 0.3 is 7.60 Å². The van der Waals surface area contributed by atoms with Crippen LogP contribution in [0, 0.1) is 113 Å². The Bertz CT molecular complexity index is 2080. The molecule has 1 saturated carbocycles. The molecule has 0 saturated heterocycles. The number of azo groups is 1. The molecule has 53 heavy (non-hydrogen) atoms. The molecule has 1 unspecified atom stereocenters. The third-order valence-corrected chi connectivity index (χ3v) is 9.05. The fourth-order valence-electron chi connectivity index (χ4n) is 4.57. The van der Waals surface area contributed by atoms with Gasteiger partial charge in [0.1, 0.15) is 0 Å². The molecule has 1 N–H and O–H groups in total. The van der Waals surface area contributed by atoms with E-state index in [4.69, 9.17) is 22.1 Å². The van der Waals surface area contributed by atoms with Crippen molar-refractivity contribution in [2.45, 2.75) is 61.7 Å². The van der Waals surface area contributed by atoms with Crippen molar-refractivity contribution < 1.29 is 23.5 Å². The number of methoxy groups -OCH3 is 1. The summed E-state index contributed by atoms with van der Waals surface area (Å²) in [7, 11) is -2.13. The van der Waals surface area contributed by atoms with E-state index in [1.165, 1.54) is 44.1 Å². The van der Waals surface area contributed by atoms with Gasteiger partial charge in [-0.3, -0.25) is 9.36 Å². The lowest BCUT2D eigenvalue weighted by molar-refractivity contribution is 0.0563. The van der Waals surface area contributed by atoms with Crippen molar-refractivity contribution in [3.05, 3.63) is 54.1 Å². The van der Waals surface area contributed by atoms with Crippen LogP contribution < -0.4 is 0 Å². The summed E-state index contributed by atoms with van der Waals surface area (Å²) in [6, 6.07) is 15.1. The number of ketones is 1. The highest BCUT2D eigenvalue weighted by Crippen LogP contribution is 2.40. The summed E-state index contributed by atoms with van der Waals surface area (Å²) < 4.78 is 21.9. The first-order chi connectivity index (χ1) is 25.6. The Balaban J connectivity index is 0.000000457. The van der Waals surface area contributed by atoms with Gasteiger partial charge in [0.25, 0.3) is 0 Å². The zero-order valence-corrected chi connectivity index (χ0v) is 31.5. The lowest BCUT2D eigenvalue weighted by atomic mass is 9.95. The van der Waals surface area contributed by atoms with Gasteiger partial charge in [0.05, 0.1) is 24.1 Å². The van der Waals surface area contributed by atoms with Crippen molar-refractivity contribution in [3.8, 4) is 108 Å². The molecule has 0 heterocycles. The molecule has 9 heteroatoms. The summed E-state index contributed by atoms with van der Waals surface area (Å²) in [5.74, 6) is 37.8. The van der Waals surface area contributed by atoms with Gasteiger partial charge in [0.15, 0.2) is 5.78 Å². The molecule has 1 aliphatic rings. The molecule has 1 aliphatic carbocycles. The van der Waals surface area contributed by atoms with Crippen LogP contribution in [-0.4, -0.2) is 42.4 Å². The first kappa shape index (κ1) is 43.4. The monoisotopic (exact) mass is 736 g/mol.